The average Bonchev–Trinajstić information content (AvgIpc) is 2.80. The van der Waals surface area contributed by atoms with Crippen LogP contribution < -0.4 is 9.47 Å². The van der Waals surface area contributed by atoms with E-state index < -0.39 is 59.7 Å². The summed E-state index contributed by atoms with van der Waals surface area (Å²) in [5.41, 5.74) is -1.11. The standard InChI is InChI=1S/2C7H9O4P.C5H12O4/c2*8-12(9,10)6-11-7-4-2-1-3-5-7;6-1-5(2-7,3-8)4-9/h2*1-5H,6H2,(H2,8,9,10);6-9H,1-4H2. The van der Waals surface area contributed by atoms with Crippen molar-refractivity contribution in [3.63, 3.8) is 0 Å². The SMILES string of the molecule is O=P(O)(O)COc1ccccc1.O=P(O)(O)COc1ccccc1.OCC(CO)(CO)CO. The molecule has 8 N–H and O–H groups in total. The topological polar surface area (TPSA) is 214 Å². The van der Waals surface area contributed by atoms with Crippen molar-refractivity contribution in [2.75, 3.05) is 39.1 Å². The van der Waals surface area contributed by atoms with Crippen LogP contribution in [0.5, 0.6) is 11.5 Å². The van der Waals surface area contributed by atoms with Gasteiger partial charge in [0.25, 0.3) is 0 Å². The van der Waals surface area contributed by atoms with E-state index in [1.807, 2.05) is 0 Å². The molecule has 12 nitrogen and oxygen atoms in total. The summed E-state index contributed by atoms with van der Waals surface area (Å²) in [4.78, 5) is 33.9. The molecule has 2 rings (SSSR count). The number of para-hydroxylation sites is 2. The third-order valence-corrected chi connectivity index (χ3v) is 4.56. The molecule has 0 saturated carbocycles. The lowest BCUT2D eigenvalue weighted by Crippen LogP contribution is -2.37. The predicted octanol–water partition coefficient (Wildman–Crippen LogP) is 0.343. The highest BCUT2D eigenvalue weighted by Gasteiger charge is 2.26. The van der Waals surface area contributed by atoms with E-state index in [2.05, 4.69) is 0 Å². The Morgan fingerprint density at radius 1 is 0.576 bits per heavy atom. The van der Waals surface area contributed by atoms with E-state index in [0.717, 1.165) is 0 Å². The van der Waals surface area contributed by atoms with Crippen LogP contribution in [-0.2, 0) is 9.13 Å². The van der Waals surface area contributed by atoms with Crippen molar-refractivity contribution in [3.05, 3.63) is 60.7 Å². The zero-order valence-corrected chi connectivity index (χ0v) is 19.4. The number of rotatable bonds is 10. The van der Waals surface area contributed by atoms with Crippen LogP contribution in [0.2, 0.25) is 0 Å². The van der Waals surface area contributed by atoms with Gasteiger partial charge < -0.3 is 49.5 Å². The van der Waals surface area contributed by atoms with Crippen molar-refractivity contribution in [1.82, 2.24) is 0 Å². The number of ether oxygens (including phenoxy) is 2. The monoisotopic (exact) mass is 512 g/mol. The molecule has 0 unspecified atom stereocenters. The first kappa shape index (κ1) is 31.2. The van der Waals surface area contributed by atoms with Gasteiger partial charge in [-0.1, -0.05) is 36.4 Å². The van der Waals surface area contributed by atoms with Gasteiger partial charge in [-0.2, -0.15) is 0 Å². The number of hydrogen-bond donors (Lipinski definition) is 8. The molecule has 0 heterocycles. The molecule has 188 valence electrons. The number of aliphatic hydroxyl groups excluding tert-OH is 4. The molecule has 0 aliphatic carbocycles. The first-order valence-electron chi connectivity index (χ1n) is 9.28. The maximum atomic E-state index is 10.4. The van der Waals surface area contributed by atoms with Crippen LogP contribution in [0.25, 0.3) is 0 Å². The molecule has 14 heteroatoms. The lowest BCUT2D eigenvalue weighted by atomic mass is 9.93. The van der Waals surface area contributed by atoms with E-state index in [9.17, 15) is 9.13 Å². The lowest BCUT2D eigenvalue weighted by Gasteiger charge is -2.23. The molecular formula is C19H30O12P2. The van der Waals surface area contributed by atoms with Gasteiger partial charge in [0.1, 0.15) is 11.5 Å². The van der Waals surface area contributed by atoms with E-state index in [0.29, 0.717) is 11.5 Å². The molecule has 0 spiro atoms. The minimum absolute atomic E-state index is 0.406. The second-order valence-electron chi connectivity index (χ2n) is 6.63. The van der Waals surface area contributed by atoms with Gasteiger partial charge in [0.05, 0.1) is 31.8 Å². The quantitative estimate of drug-likeness (QED) is 0.202. The van der Waals surface area contributed by atoms with Crippen molar-refractivity contribution in [1.29, 1.82) is 0 Å². The van der Waals surface area contributed by atoms with E-state index in [1.165, 1.54) is 0 Å². The molecule has 0 bridgehead atoms. The normalized spacial score (nSPS) is 11.4. The van der Waals surface area contributed by atoms with Gasteiger partial charge in [-0.3, -0.25) is 9.13 Å². The van der Waals surface area contributed by atoms with Crippen molar-refractivity contribution in [3.8, 4) is 11.5 Å². The van der Waals surface area contributed by atoms with Crippen LogP contribution in [0.15, 0.2) is 60.7 Å². The molecule has 33 heavy (non-hydrogen) atoms. The summed E-state index contributed by atoms with van der Waals surface area (Å²) >= 11 is 0. The van der Waals surface area contributed by atoms with Crippen LogP contribution in [0.1, 0.15) is 0 Å². The summed E-state index contributed by atoms with van der Waals surface area (Å²) in [7, 11) is -8.11. The van der Waals surface area contributed by atoms with Crippen molar-refractivity contribution >= 4 is 15.2 Å². The predicted molar refractivity (Wildman–Crippen MR) is 119 cm³/mol. The Hall–Kier alpha value is -1.82. The smallest absolute Gasteiger partial charge is 0.362 e. The van der Waals surface area contributed by atoms with E-state index in [1.54, 1.807) is 60.7 Å². The van der Waals surface area contributed by atoms with Crippen molar-refractivity contribution < 1.29 is 58.6 Å². The first-order valence-corrected chi connectivity index (χ1v) is 12.9. The molecule has 0 amide bonds. The maximum Gasteiger partial charge on any atom is 0.362 e. The zero-order valence-electron chi connectivity index (χ0n) is 17.6. The highest BCUT2D eigenvalue weighted by molar-refractivity contribution is 7.51. The third kappa shape index (κ3) is 16.4. The molecule has 0 aliphatic rings. The fraction of sp³-hybridized carbons (Fsp3) is 0.368. The van der Waals surface area contributed by atoms with Crippen molar-refractivity contribution in [2.45, 2.75) is 0 Å². The summed E-state index contributed by atoms with van der Waals surface area (Å²) in [6.45, 7) is -1.62. The van der Waals surface area contributed by atoms with Crippen LogP contribution in [-0.4, -0.2) is 79.1 Å². The van der Waals surface area contributed by atoms with Crippen LogP contribution in [0.3, 0.4) is 0 Å². The number of hydrogen-bond acceptors (Lipinski definition) is 8. The molecule has 0 aromatic heterocycles. The molecule has 0 aliphatic heterocycles. The van der Waals surface area contributed by atoms with Crippen molar-refractivity contribution in [2.24, 2.45) is 5.41 Å². The van der Waals surface area contributed by atoms with Gasteiger partial charge in [-0.15, -0.1) is 0 Å². The summed E-state index contributed by atoms with van der Waals surface area (Å²) in [5, 5.41) is 34.0. The fourth-order valence-electron chi connectivity index (χ4n) is 1.65. The Labute approximate surface area is 191 Å². The maximum absolute atomic E-state index is 10.4. The van der Waals surface area contributed by atoms with Crippen LogP contribution >= 0.6 is 15.2 Å². The van der Waals surface area contributed by atoms with Gasteiger partial charge in [-0.05, 0) is 24.3 Å². The highest BCUT2D eigenvalue weighted by atomic mass is 31.2. The summed E-state index contributed by atoms with van der Waals surface area (Å²) in [6, 6.07) is 17.1. The molecule has 2 aromatic carbocycles. The molecule has 2 aromatic rings. The minimum Gasteiger partial charge on any atom is -0.481 e. The third-order valence-electron chi connectivity index (χ3n) is 3.63. The first-order chi connectivity index (χ1) is 15.4. The van der Waals surface area contributed by atoms with Gasteiger partial charge in [0.15, 0.2) is 12.7 Å². The van der Waals surface area contributed by atoms with E-state index in [-0.39, 0.29) is 0 Å². The Kier molecular flexibility index (Phi) is 15.0. The Morgan fingerprint density at radius 2 is 0.848 bits per heavy atom. The average molecular weight is 512 g/mol. The molecular weight excluding hydrogens is 482 g/mol. The number of aliphatic hydroxyl groups is 4. The van der Waals surface area contributed by atoms with Gasteiger partial charge in [0, 0.05) is 0 Å². The summed E-state index contributed by atoms with van der Waals surface area (Å²) in [6.07, 6.45) is -1.14. The molecule has 0 saturated heterocycles. The Morgan fingerprint density at radius 3 is 1.03 bits per heavy atom. The lowest BCUT2D eigenvalue weighted by molar-refractivity contribution is -0.0328. The number of benzene rings is 2. The Balaban J connectivity index is 0.000000472. The molecule has 0 fully saturated rings. The van der Waals surface area contributed by atoms with E-state index in [4.69, 9.17) is 49.5 Å². The fourth-order valence-corrected chi connectivity index (χ4v) is 2.29. The second kappa shape index (κ2) is 15.9. The van der Waals surface area contributed by atoms with Crippen LogP contribution in [0.4, 0.5) is 0 Å². The summed E-state index contributed by atoms with van der Waals surface area (Å²) < 4.78 is 30.4. The minimum atomic E-state index is -4.05. The molecule has 0 radical (unpaired) electrons. The van der Waals surface area contributed by atoms with E-state index >= 15 is 0 Å². The molecule has 0 atom stereocenters. The van der Waals surface area contributed by atoms with Gasteiger partial charge in [-0.25, -0.2) is 0 Å². The van der Waals surface area contributed by atoms with Gasteiger partial charge in [0.2, 0.25) is 0 Å². The highest BCUT2D eigenvalue weighted by Crippen LogP contribution is 2.35. The van der Waals surface area contributed by atoms with Crippen LogP contribution in [0, 0.1) is 5.41 Å². The van der Waals surface area contributed by atoms with Gasteiger partial charge >= 0.3 is 15.2 Å². The largest absolute Gasteiger partial charge is 0.481 e. The zero-order chi connectivity index (χ0) is 25.4. The second-order valence-corrected chi connectivity index (χ2v) is 9.81. The Bertz CT molecular complexity index is 755. The summed E-state index contributed by atoms with van der Waals surface area (Å²) in [5.74, 6) is 0.918.